The minimum atomic E-state index is -0.147. The maximum atomic E-state index is 12.5. The topological polar surface area (TPSA) is 156 Å². The maximum Gasteiger partial charge on any atom is 0.220 e. The minimum absolute atomic E-state index is 0.147. The van der Waals surface area contributed by atoms with E-state index in [4.69, 9.17) is 28.9 Å². The highest BCUT2D eigenvalue weighted by atomic mass is 35.5. The van der Waals surface area contributed by atoms with Crippen LogP contribution < -0.4 is 11.1 Å². The van der Waals surface area contributed by atoms with Crippen molar-refractivity contribution in [2.75, 3.05) is 5.73 Å². The number of aromatic amines is 2. The third-order valence-corrected chi connectivity index (χ3v) is 5.79. The number of carbonyl (C=O) groups is 1. The number of anilines is 1. The molecule has 0 aliphatic heterocycles. The Labute approximate surface area is 202 Å². The molecule has 3 aromatic heterocycles. The summed E-state index contributed by atoms with van der Waals surface area (Å²) in [6.45, 7) is 0.202. The van der Waals surface area contributed by atoms with E-state index in [-0.39, 0.29) is 18.9 Å². The maximum absolute atomic E-state index is 12.5. The van der Waals surface area contributed by atoms with Gasteiger partial charge in [-0.2, -0.15) is 5.10 Å². The van der Waals surface area contributed by atoms with Crippen molar-refractivity contribution in [2.24, 2.45) is 0 Å². The van der Waals surface area contributed by atoms with Gasteiger partial charge in [0, 0.05) is 22.4 Å². The number of aryl methyl sites for hydroxylation is 1. The second kappa shape index (κ2) is 9.12. The normalized spacial score (nSPS) is 11.2. The number of carbonyl (C=O) groups excluding carboxylic acids is 1. The van der Waals surface area contributed by atoms with Crippen molar-refractivity contribution in [1.29, 1.82) is 0 Å². The number of fused-ring (bicyclic) bond motifs is 1. The largest absolute Gasteiger partial charge is 0.382 e. The van der Waals surface area contributed by atoms with Gasteiger partial charge in [0.25, 0.3) is 0 Å². The quantitative estimate of drug-likeness (QED) is 0.269. The monoisotopic (exact) mass is 496 g/mol. The van der Waals surface area contributed by atoms with Crippen LogP contribution in [0.1, 0.15) is 17.8 Å². The fourth-order valence-electron chi connectivity index (χ4n) is 3.63. The number of nitrogen functional groups attached to an aromatic ring is 1. The number of benzene rings is 2. The van der Waals surface area contributed by atoms with Gasteiger partial charge in [-0.1, -0.05) is 29.3 Å². The first kappa shape index (κ1) is 21.9. The number of nitrogens with two attached hydrogens (primary N) is 1. The lowest BCUT2D eigenvalue weighted by molar-refractivity contribution is -0.121. The zero-order valence-electron chi connectivity index (χ0n) is 17.6. The third kappa shape index (κ3) is 4.43. The number of rotatable bonds is 7. The molecule has 5 aromatic rings. The number of tetrazole rings is 1. The van der Waals surface area contributed by atoms with Gasteiger partial charge in [0.15, 0.2) is 5.82 Å². The molecule has 0 spiro atoms. The van der Waals surface area contributed by atoms with E-state index < -0.39 is 0 Å². The molecule has 3 heterocycles. The first-order valence-corrected chi connectivity index (χ1v) is 11.0. The zero-order chi connectivity index (χ0) is 23.7. The summed E-state index contributed by atoms with van der Waals surface area (Å²) < 4.78 is 1.53. The lowest BCUT2D eigenvalue weighted by Gasteiger charge is -2.09. The van der Waals surface area contributed by atoms with Crippen LogP contribution in [0.5, 0.6) is 0 Å². The van der Waals surface area contributed by atoms with Crippen molar-refractivity contribution in [1.82, 2.24) is 45.7 Å². The van der Waals surface area contributed by atoms with Gasteiger partial charge in [0.05, 0.1) is 17.7 Å². The first-order chi connectivity index (χ1) is 16.5. The molecule has 0 aliphatic carbocycles. The number of imidazole rings is 1. The van der Waals surface area contributed by atoms with Crippen molar-refractivity contribution in [3.8, 4) is 16.9 Å². The second-order valence-electron chi connectivity index (χ2n) is 7.52. The number of H-pyrrole nitrogens is 2. The van der Waals surface area contributed by atoms with E-state index in [2.05, 4.69) is 41.0 Å². The molecule has 0 atom stereocenters. The van der Waals surface area contributed by atoms with Crippen LogP contribution in [0.25, 0.3) is 27.8 Å². The summed E-state index contributed by atoms with van der Waals surface area (Å²) in [6.07, 6.45) is 2.19. The average molecular weight is 497 g/mol. The summed E-state index contributed by atoms with van der Waals surface area (Å²) in [4.78, 5) is 20.0. The van der Waals surface area contributed by atoms with E-state index in [1.54, 1.807) is 12.1 Å². The van der Waals surface area contributed by atoms with Crippen molar-refractivity contribution < 1.29 is 4.79 Å². The number of amides is 1. The molecule has 0 unspecified atom stereocenters. The summed E-state index contributed by atoms with van der Waals surface area (Å²) in [5.74, 6) is 0.821. The molecule has 2 aromatic carbocycles. The van der Waals surface area contributed by atoms with Crippen molar-refractivity contribution in [3.63, 3.8) is 0 Å². The van der Waals surface area contributed by atoms with Gasteiger partial charge in [-0.05, 0) is 52.7 Å². The Balaban J connectivity index is 1.23. The highest BCUT2D eigenvalue weighted by Crippen LogP contribution is 2.29. The summed E-state index contributed by atoms with van der Waals surface area (Å²) in [7, 11) is 0. The van der Waals surface area contributed by atoms with Crippen molar-refractivity contribution in [3.05, 3.63) is 64.3 Å². The van der Waals surface area contributed by atoms with Gasteiger partial charge in [0.2, 0.25) is 5.91 Å². The Morgan fingerprint density at radius 2 is 2.06 bits per heavy atom. The summed E-state index contributed by atoms with van der Waals surface area (Å²) in [5, 5.41) is 22.7. The second-order valence-corrected chi connectivity index (χ2v) is 8.33. The lowest BCUT2D eigenvalue weighted by Crippen LogP contribution is -2.23. The molecule has 172 valence electrons. The number of nitrogens with one attached hydrogen (secondary N) is 3. The minimum Gasteiger partial charge on any atom is -0.382 e. The molecule has 5 N–H and O–H groups in total. The smallest absolute Gasteiger partial charge is 0.220 e. The Morgan fingerprint density at radius 1 is 1.18 bits per heavy atom. The van der Waals surface area contributed by atoms with Crippen LogP contribution in [-0.4, -0.2) is 46.3 Å². The Hall–Kier alpha value is -3.96. The lowest BCUT2D eigenvalue weighted by atomic mass is 10.1. The Bertz CT molecular complexity index is 1470. The number of hydrogen-bond acceptors (Lipinski definition) is 7. The predicted octanol–water partition coefficient (Wildman–Crippen LogP) is 3.07. The molecule has 13 heteroatoms. The van der Waals surface area contributed by atoms with Gasteiger partial charge >= 0.3 is 0 Å². The van der Waals surface area contributed by atoms with E-state index >= 15 is 0 Å². The van der Waals surface area contributed by atoms with Crippen LogP contribution in [0.3, 0.4) is 0 Å². The SMILES string of the molecule is Nc1n[nH]c2cc(-c3nc(CNC(=O)CCc4cc(Cl)ccc4-n4cnnn4)[nH]c3Cl)ccc12. The van der Waals surface area contributed by atoms with Crippen LogP contribution in [0.2, 0.25) is 10.2 Å². The van der Waals surface area contributed by atoms with Crippen molar-refractivity contribution in [2.45, 2.75) is 19.4 Å². The summed E-state index contributed by atoms with van der Waals surface area (Å²) >= 11 is 12.5. The van der Waals surface area contributed by atoms with E-state index in [0.717, 1.165) is 27.7 Å². The summed E-state index contributed by atoms with van der Waals surface area (Å²) in [5.41, 5.74) is 9.60. The molecule has 0 radical (unpaired) electrons. The Kier molecular flexibility index (Phi) is 5.86. The molecule has 0 fully saturated rings. The van der Waals surface area contributed by atoms with Crippen LogP contribution in [0.4, 0.5) is 5.82 Å². The summed E-state index contributed by atoms with van der Waals surface area (Å²) in [6, 6.07) is 11.0. The number of nitrogens with zero attached hydrogens (tertiary/aromatic N) is 6. The van der Waals surface area contributed by atoms with E-state index in [9.17, 15) is 4.79 Å². The molecule has 0 saturated heterocycles. The van der Waals surface area contributed by atoms with E-state index in [0.29, 0.717) is 33.9 Å². The standard InChI is InChI=1S/C21H18Cl2N10O/c22-13-3-5-16(33-10-26-31-32-33)11(7-13)2-6-18(34)25-9-17-27-19(20(23)28-17)12-1-4-14-15(8-12)29-30-21(14)24/h1,3-5,7-8,10H,2,6,9H2,(H,25,34)(H,27,28)(H3,24,29,30). The molecule has 1 amide bonds. The van der Waals surface area contributed by atoms with Crippen LogP contribution >= 0.6 is 23.2 Å². The molecule has 0 saturated carbocycles. The fourth-order valence-corrected chi connectivity index (χ4v) is 4.08. The highest BCUT2D eigenvalue weighted by molar-refractivity contribution is 6.32. The molecule has 11 nitrogen and oxygen atoms in total. The number of hydrogen-bond donors (Lipinski definition) is 4. The van der Waals surface area contributed by atoms with Gasteiger partial charge in [-0.15, -0.1) is 5.10 Å². The number of aromatic nitrogens is 8. The molecule has 5 rings (SSSR count). The third-order valence-electron chi connectivity index (χ3n) is 5.29. The Morgan fingerprint density at radius 3 is 2.88 bits per heavy atom. The van der Waals surface area contributed by atoms with Gasteiger partial charge < -0.3 is 16.0 Å². The van der Waals surface area contributed by atoms with Gasteiger partial charge in [-0.3, -0.25) is 9.89 Å². The van der Waals surface area contributed by atoms with Crippen LogP contribution in [0.15, 0.2) is 42.7 Å². The van der Waals surface area contributed by atoms with E-state index in [1.165, 1.54) is 11.0 Å². The van der Waals surface area contributed by atoms with Crippen LogP contribution in [-0.2, 0) is 17.8 Å². The van der Waals surface area contributed by atoms with E-state index in [1.807, 2.05) is 24.3 Å². The molecular formula is C21H18Cl2N10O. The number of halogens is 2. The average Bonchev–Trinajstić information content (AvgIpc) is 3.57. The molecule has 34 heavy (non-hydrogen) atoms. The molecule has 0 bridgehead atoms. The highest BCUT2D eigenvalue weighted by Gasteiger charge is 2.14. The molecular weight excluding hydrogens is 479 g/mol. The van der Waals surface area contributed by atoms with Gasteiger partial charge in [-0.25, -0.2) is 9.67 Å². The predicted molar refractivity (Wildman–Crippen MR) is 127 cm³/mol. The fraction of sp³-hybridized carbons (Fsp3) is 0.143. The molecule has 0 aliphatic rings. The first-order valence-electron chi connectivity index (χ1n) is 10.2. The zero-order valence-corrected chi connectivity index (χ0v) is 19.1. The van der Waals surface area contributed by atoms with Gasteiger partial charge in [0.1, 0.15) is 23.0 Å². The van der Waals surface area contributed by atoms with Crippen LogP contribution in [0, 0.1) is 0 Å². The van der Waals surface area contributed by atoms with Crippen molar-refractivity contribution >= 4 is 45.8 Å².